The Bertz CT molecular complexity index is 307. The molecule has 5 heteroatoms. The van der Waals surface area contributed by atoms with Crippen molar-refractivity contribution in [2.24, 2.45) is 0 Å². The van der Waals surface area contributed by atoms with Crippen molar-refractivity contribution >= 4 is 0 Å². The molecule has 0 radical (unpaired) electrons. The minimum Gasteiger partial charge on any atom is -0.383 e. The highest BCUT2D eigenvalue weighted by atomic mass is 16.5. The summed E-state index contributed by atoms with van der Waals surface area (Å²) in [6, 6.07) is 0.674. The van der Waals surface area contributed by atoms with E-state index in [4.69, 9.17) is 4.74 Å². The topological polar surface area (TPSA) is 52.0 Å². The Morgan fingerprint density at radius 1 is 1.50 bits per heavy atom. The van der Waals surface area contributed by atoms with Crippen LogP contribution in [0.25, 0.3) is 0 Å². The fourth-order valence-corrected chi connectivity index (χ4v) is 2.16. The first-order chi connectivity index (χ1) is 7.90. The van der Waals surface area contributed by atoms with Gasteiger partial charge in [-0.25, -0.2) is 0 Å². The molecule has 0 aromatic carbocycles. The SMILES string of the molecule is COCCn1cnnc1CNC1CCCC1. The molecule has 1 aromatic heterocycles. The summed E-state index contributed by atoms with van der Waals surface area (Å²) in [5.74, 6) is 1.00. The zero-order valence-electron chi connectivity index (χ0n) is 9.85. The van der Waals surface area contributed by atoms with Crippen molar-refractivity contribution in [3.63, 3.8) is 0 Å². The van der Waals surface area contributed by atoms with Crippen LogP contribution in [0.2, 0.25) is 0 Å². The minimum atomic E-state index is 0.674. The van der Waals surface area contributed by atoms with Gasteiger partial charge in [0.15, 0.2) is 0 Å². The summed E-state index contributed by atoms with van der Waals surface area (Å²) in [5.41, 5.74) is 0. The van der Waals surface area contributed by atoms with Crippen LogP contribution in [-0.4, -0.2) is 34.5 Å². The van der Waals surface area contributed by atoms with Crippen molar-refractivity contribution in [2.75, 3.05) is 13.7 Å². The summed E-state index contributed by atoms with van der Waals surface area (Å²) in [5, 5.41) is 11.6. The van der Waals surface area contributed by atoms with Gasteiger partial charge in [0.1, 0.15) is 12.2 Å². The van der Waals surface area contributed by atoms with Crippen LogP contribution >= 0.6 is 0 Å². The summed E-state index contributed by atoms with van der Waals surface area (Å²) in [7, 11) is 1.71. The molecule has 5 nitrogen and oxygen atoms in total. The molecule has 90 valence electrons. The summed E-state index contributed by atoms with van der Waals surface area (Å²) in [4.78, 5) is 0. The highest BCUT2D eigenvalue weighted by Gasteiger charge is 2.15. The molecular weight excluding hydrogens is 204 g/mol. The molecular formula is C11H20N4O. The van der Waals surface area contributed by atoms with Gasteiger partial charge in [0.05, 0.1) is 13.2 Å². The molecule has 1 aromatic rings. The van der Waals surface area contributed by atoms with Gasteiger partial charge in [-0.3, -0.25) is 0 Å². The summed E-state index contributed by atoms with van der Waals surface area (Å²) in [6.45, 7) is 2.34. The standard InChI is InChI=1S/C11H20N4O/c1-16-7-6-15-9-13-14-11(15)8-12-10-4-2-3-5-10/h9-10,12H,2-8H2,1H3. The number of ether oxygens (including phenoxy) is 1. The lowest BCUT2D eigenvalue weighted by Gasteiger charge is -2.11. The molecule has 1 aliphatic carbocycles. The highest BCUT2D eigenvalue weighted by Crippen LogP contribution is 2.17. The van der Waals surface area contributed by atoms with E-state index in [1.54, 1.807) is 13.4 Å². The van der Waals surface area contributed by atoms with E-state index in [-0.39, 0.29) is 0 Å². The van der Waals surface area contributed by atoms with Gasteiger partial charge in [-0.2, -0.15) is 0 Å². The Morgan fingerprint density at radius 3 is 3.06 bits per heavy atom. The number of nitrogens with one attached hydrogen (secondary N) is 1. The molecule has 0 spiro atoms. The Hall–Kier alpha value is -0.940. The molecule has 0 aliphatic heterocycles. The molecule has 0 bridgehead atoms. The number of hydrogen-bond donors (Lipinski definition) is 1. The maximum absolute atomic E-state index is 5.05. The molecule has 0 unspecified atom stereocenters. The Morgan fingerprint density at radius 2 is 2.31 bits per heavy atom. The zero-order valence-corrected chi connectivity index (χ0v) is 9.85. The van der Waals surface area contributed by atoms with Crippen molar-refractivity contribution in [3.8, 4) is 0 Å². The molecule has 1 N–H and O–H groups in total. The predicted octanol–water partition coefficient (Wildman–Crippen LogP) is 0.957. The maximum Gasteiger partial charge on any atom is 0.146 e. The predicted molar refractivity (Wildman–Crippen MR) is 61.0 cm³/mol. The molecule has 0 saturated heterocycles. The lowest BCUT2D eigenvalue weighted by Crippen LogP contribution is -2.27. The third kappa shape index (κ3) is 3.02. The molecule has 1 saturated carbocycles. The molecule has 1 fully saturated rings. The average molecular weight is 224 g/mol. The first-order valence-electron chi connectivity index (χ1n) is 5.99. The summed E-state index contributed by atoms with van der Waals surface area (Å²) >= 11 is 0. The molecule has 2 rings (SSSR count). The number of methoxy groups -OCH3 is 1. The fourth-order valence-electron chi connectivity index (χ4n) is 2.16. The van der Waals surface area contributed by atoms with Gasteiger partial charge in [-0.15, -0.1) is 10.2 Å². The van der Waals surface area contributed by atoms with Crippen LogP contribution in [0.4, 0.5) is 0 Å². The number of nitrogens with zero attached hydrogens (tertiary/aromatic N) is 3. The number of hydrogen-bond acceptors (Lipinski definition) is 4. The molecule has 0 atom stereocenters. The van der Waals surface area contributed by atoms with Crippen molar-refractivity contribution in [1.29, 1.82) is 0 Å². The van der Waals surface area contributed by atoms with E-state index in [0.29, 0.717) is 12.6 Å². The van der Waals surface area contributed by atoms with E-state index in [1.807, 2.05) is 4.57 Å². The maximum atomic E-state index is 5.05. The second kappa shape index (κ2) is 5.96. The largest absolute Gasteiger partial charge is 0.383 e. The van der Waals surface area contributed by atoms with Crippen molar-refractivity contribution in [2.45, 2.75) is 44.8 Å². The third-order valence-electron chi connectivity index (χ3n) is 3.14. The quantitative estimate of drug-likeness (QED) is 0.782. The van der Waals surface area contributed by atoms with Gasteiger partial charge < -0.3 is 14.6 Å². The first kappa shape index (κ1) is 11.5. The van der Waals surface area contributed by atoms with Crippen LogP contribution < -0.4 is 5.32 Å². The third-order valence-corrected chi connectivity index (χ3v) is 3.14. The zero-order chi connectivity index (χ0) is 11.2. The lowest BCUT2D eigenvalue weighted by atomic mass is 10.2. The van der Waals surface area contributed by atoms with Crippen LogP contribution in [0.1, 0.15) is 31.5 Å². The average Bonchev–Trinajstić information content (AvgIpc) is 2.94. The second-order valence-electron chi connectivity index (χ2n) is 4.30. The van der Waals surface area contributed by atoms with Crippen LogP contribution in [0, 0.1) is 0 Å². The van der Waals surface area contributed by atoms with Crippen molar-refractivity contribution in [1.82, 2.24) is 20.1 Å². The number of rotatable bonds is 6. The van der Waals surface area contributed by atoms with Gasteiger partial charge in [-0.1, -0.05) is 12.8 Å². The van der Waals surface area contributed by atoms with Gasteiger partial charge in [-0.05, 0) is 12.8 Å². The van der Waals surface area contributed by atoms with Crippen LogP contribution in [-0.2, 0) is 17.8 Å². The van der Waals surface area contributed by atoms with Crippen LogP contribution in [0.5, 0.6) is 0 Å². The van der Waals surface area contributed by atoms with Gasteiger partial charge in [0.2, 0.25) is 0 Å². The second-order valence-corrected chi connectivity index (χ2v) is 4.30. The van der Waals surface area contributed by atoms with Gasteiger partial charge >= 0.3 is 0 Å². The monoisotopic (exact) mass is 224 g/mol. The first-order valence-corrected chi connectivity index (χ1v) is 5.99. The van der Waals surface area contributed by atoms with Crippen LogP contribution in [0.3, 0.4) is 0 Å². The van der Waals surface area contributed by atoms with Crippen molar-refractivity contribution in [3.05, 3.63) is 12.2 Å². The van der Waals surface area contributed by atoms with Gasteiger partial charge in [0, 0.05) is 19.7 Å². The van der Waals surface area contributed by atoms with Crippen molar-refractivity contribution < 1.29 is 4.74 Å². The molecule has 1 heterocycles. The van der Waals surface area contributed by atoms with Gasteiger partial charge in [0.25, 0.3) is 0 Å². The number of aromatic nitrogens is 3. The van der Waals surface area contributed by atoms with E-state index < -0.39 is 0 Å². The summed E-state index contributed by atoms with van der Waals surface area (Å²) in [6.07, 6.45) is 7.07. The van der Waals surface area contributed by atoms with Crippen LogP contribution in [0.15, 0.2) is 6.33 Å². The Labute approximate surface area is 96.2 Å². The lowest BCUT2D eigenvalue weighted by molar-refractivity contribution is 0.186. The van der Waals surface area contributed by atoms with E-state index in [1.165, 1.54) is 25.7 Å². The summed E-state index contributed by atoms with van der Waals surface area (Å²) < 4.78 is 7.10. The Kier molecular flexibility index (Phi) is 4.30. The smallest absolute Gasteiger partial charge is 0.146 e. The Balaban J connectivity index is 1.80. The molecule has 0 amide bonds. The fraction of sp³-hybridized carbons (Fsp3) is 0.818. The normalized spacial score (nSPS) is 17.1. The molecule has 16 heavy (non-hydrogen) atoms. The highest BCUT2D eigenvalue weighted by molar-refractivity contribution is 4.87. The van der Waals surface area contributed by atoms with E-state index in [0.717, 1.165) is 18.9 Å². The van der Waals surface area contributed by atoms with E-state index >= 15 is 0 Å². The molecule has 1 aliphatic rings. The van der Waals surface area contributed by atoms with E-state index in [9.17, 15) is 0 Å². The van der Waals surface area contributed by atoms with E-state index in [2.05, 4.69) is 15.5 Å². The minimum absolute atomic E-state index is 0.674.